The molecule has 0 aromatic heterocycles. The fourth-order valence-corrected chi connectivity index (χ4v) is 2.72. The third-order valence-electron chi connectivity index (χ3n) is 2.65. The zero-order chi connectivity index (χ0) is 13.1. The molecule has 0 bridgehead atoms. The van der Waals surface area contributed by atoms with E-state index in [1.807, 2.05) is 24.3 Å². The quantitative estimate of drug-likeness (QED) is 0.488. The van der Waals surface area contributed by atoms with Crippen LogP contribution in [0.25, 0.3) is 0 Å². The van der Waals surface area contributed by atoms with E-state index in [1.165, 1.54) is 18.2 Å². The average Bonchev–Trinajstić information content (AvgIpc) is 2.36. The van der Waals surface area contributed by atoms with Gasteiger partial charge < -0.3 is 0 Å². The number of rotatable bonds is 3. The molecule has 2 aromatic rings. The van der Waals surface area contributed by atoms with Crippen molar-refractivity contribution in [1.29, 1.82) is 0 Å². The molecule has 0 saturated carbocycles. The van der Waals surface area contributed by atoms with Crippen molar-refractivity contribution in [2.24, 2.45) is 5.84 Å². The number of benzene rings is 2. The molecule has 1 unspecified atom stereocenters. The first-order chi connectivity index (χ1) is 8.63. The van der Waals surface area contributed by atoms with Crippen LogP contribution >= 0.6 is 34.2 Å². The van der Waals surface area contributed by atoms with Crippen LogP contribution in [-0.2, 0) is 0 Å². The minimum atomic E-state index is -0.333. The summed E-state index contributed by atoms with van der Waals surface area (Å²) in [6.45, 7) is 0. The Kier molecular flexibility index (Phi) is 4.55. The minimum absolute atomic E-state index is 0.332. The number of halogens is 3. The lowest BCUT2D eigenvalue weighted by Crippen LogP contribution is -2.29. The molecule has 0 aliphatic heterocycles. The molecule has 0 saturated heterocycles. The predicted octanol–water partition coefficient (Wildman–Crippen LogP) is 3.64. The summed E-state index contributed by atoms with van der Waals surface area (Å²) in [4.78, 5) is 0. The maximum Gasteiger partial charge on any atom is 0.123 e. The molecule has 0 aliphatic carbocycles. The summed E-state index contributed by atoms with van der Waals surface area (Å²) < 4.78 is 14.4. The molecule has 2 aromatic carbocycles. The molecule has 3 N–H and O–H groups in total. The van der Waals surface area contributed by atoms with Crippen molar-refractivity contribution >= 4 is 34.2 Å². The van der Waals surface area contributed by atoms with E-state index in [2.05, 4.69) is 28.0 Å². The Morgan fingerprint density at radius 1 is 1.17 bits per heavy atom. The van der Waals surface area contributed by atoms with Crippen LogP contribution in [-0.4, -0.2) is 0 Å². The van der Waals surface area contributed by atoms with Crippen LogP contribution in [0, 0.1) is 9.39 Å². The van der Waals surface area contributed by atoms with Gasteiger partial charge in [-0.05, 0) is 58.0 Å². The van der Waals surface area contributed by atoms with Gasteiger partial charge in [0.1, 0.15) is 5.82 Å². The molecule has 0 radical (unpaired) electrons. The molecule has 2 rings (SSSR count). The highest BCUT2D eigenvalue weighted by Crippen LogP contribution is 2.30. The molecule has 0 aliphatic rings. The van der Waals surface area contributed by atoms with Gasteiger partial charge >= 0.3 is 0 Å². The largest absolute Gasteiger partial charge is 0.271 e. The van der Waals surface area contributed by atoms with Crippen molar-refractivity contribution in [3.63, 3.8) is 0 Å². The van der Waals surface area contributed by atoms with Gasteiger partial charge in [-0.3, -0.25) is 5.84 Å². The highest BCUT2D eigenvalue weighted by molar-refractivity contribution is 14.1. The number of hydrazine groups is 1. The number of hydrogen-bond acceptors (Lipinski definition) is 2. The first-order valence-electron chi connectivity index (χ1n) is 5.29. The summed E-state index contributed by atoms with van der Waals surface area (Å²) in [5.41, 5.74) is 4.28. The second-order valence-electron chi connectivity index (χ2n) is 3.79. The van der Waals surface area contributed by atoms with E-state index >= 15 is 0 Å². The van der Waals surface area contributed by atoms with Gasteiger partial charge in [0.15, 0.2) is 0 Å². The predicted molar refractivity (Wildman–Crippen MR) is 79.7 cm³/mol. The van der Waals surface area contributed by atoms with Gasteiger partial charge in [0.25, 0.3) is 0 Å². The molecule has 0 spiro atoms. The summed E-state index contributed by atoms with van der Waals surface area (Å²) >= 11 is 8.32. The lowest BCUT2D eigenvalue weighted by molar-refractivity contribution is 0.604. The number of nitrogens with two attached hydrogens (primary N) is 1. The summed E-state index contributed by atoms with van der Waals surface area (Å²) in [6.07, 6.45) is 0. The maximum atomic E-state index is 13.3. The first kappa shape index (κ1) is 13.7. The van der Waals surface area contributed by atoms with Crippen molar-refractivity contribution in [3.05, 3.63) is 68.0 Å². The van der Waals surface area contributed by atoms with Gasteiger partial charge in [-0.25, -0.2) is 9.82 Å². The number of hydrogen-bond donors (Lipinski definition) is 2. The summed E-state index contributed by atoms with van der Waals surface area (Å²) in [5, 5.41) is 0.485. The van der Waals surface area contributed by atoms with Crippen molar-refractivity contribution < 1.29 is 4.39 Å². The van der Waals surface area contributed by atoms with Crippen LogP contribution in [0.15, 0.2) is 42.5 Å². The molecule has 1 atom stereocenters. The monoisotopic (exact) mass is 376 g/mol. The van der Waals surface area contributed by atoms with Gasteiger partial charge in [-0.2, -0.15) is 0 Å². The fourth-order valence-electron chi connectivity index (χ4n) is 1.79. The lowest BCUT2D eigenvalue weighted by Gasteiger charge is -2.19. The molecule has 94 valence electrons. The van der Waals surface area contributed by atoms with E-state index < -0.39 is 0 Å². The van der Waals surface area contributed by atoms with Crippen molar-refractivity contribution in [2.75, 3.05) is 0 Å². The maximum absolute atomic E-state index is 13.3. The third kappa shape index (κ3) is 2.83. The second kappa shape index (κ2) is 5.97. The lowest BCUT2D eigenvalue weighted by atomic mass is 9.99. The van der Waals surface area contributed by atoms with E-state index in [9.17, 15) is 4.39 Å². The molecule has 2 nitrogen and oxygen atoms in total. The van der Waals surface area contributed by atoms with Crippen LogP contribution in [0.2, 0.25) is 5.02 Å². The third-order valence-corrected chi connectivity index (χ3v) is 3.98. The highest BCUT2D eigenvalue weighted by atomic mass is 127. The molecule has 0 amide bonds. The molecule has 0 heterocycles. The fraction of sp³-hybridized carbons (Fsp3) is 0.0769. The van der Waals surface area contributed by atoms with Crippen LogP contribution in [0.1, 0.15) is 17.2 Å². The van der Waals surface area contributed by atoms with Crippen LogP contribution < -0.4 is 11.3 Å². The van der Waals surface area contributed by atoms with Crippen molar-refractivity contribution in [1.82, 2.24) is 5.43 Å². The SMILES string of the molecule is NNC(c1cc(F)ccc1Cl)c1ccccc1I. The molecule has 18 heavy (non-hydrogen) atoms. The van der Waals surface area contributed by atoms with E-state index in [-0.39, 0.29) is 11.9 Å². The van der Waals surface area contributed by atoms with Gasteiger partial charge in [-0.1, -0.05) is 29.8 Å². The first-order valence-corrected chi connectivity index (χ1v) is 6.74. The molecule has 5 heteroatoms. The Balaban J connectivity index is 2.52. The highest BCUT2D eigenvalue weighted by Gasteiger charge is 2.18. The Labute approximate surface area is 123 Å². The Morgan fingerprint density at radius 3 is 2.56 bits per heavy atom. The normalized spacial score (nSPS) is 12.4. The standard InChI is InChI=1S/C13H11ClFIN2/c14-11-6-5-8(15)7-10(11)13(18-17)9-3-1-2-4-12(9)16/h1-7,13,18H,17H2. The smallest absolute Gasteiger partial charge is 0.123 e. The topological polar surface area (TPSA) is 38.0 Å². The van der Waals surface area contributed by atoms with E-state index in [4.69, 9.17) is 17.4 Å². The van der Waals surface area contributed by atoms with Crippen LogP contribution in [0.4, 0.5) is 4.39 Å². The van der Waals surface area contributed by atoms with Gasteiger partial charge in [0, 0.05) is 8.59 Å². The van der Waals surface area contributed by atoms with Crippen molar-refractivity contribution in [3.8, 4) is 0 Å². The summed E-state index contributed by atoms with van der Waals surface area (Å²) in [6, 6.07) is 11.7. The molecule has 0 fully saturated rings. The second-order valence-corrected chi connectivity index (χ2v) is 5.36. The van der Waals surface area contributed by atoms with Gasteiger partial charge in [0.05, 0.1) is 6.04 Å². The Bertz CT molecular complexity index is 562. The van der Waals surface area contributed by atoms with Gasteiger partial charge in [-0.15, -0.1) is 0 Å². The molecular weight excluding hydrogens is 366 g/mol. The van der Waals surface area contributed by atoms with E-state index in [0.29, 0.717) is 10.6 Å². The number of nitrogens with one attached hydrogen (secondary N) is 1. The van der Waals surface area contributed by atoms with E-state index in [0.717, 1.165) is 9.13 Å². The van der Waals surface area contributed by atoms with Crippen LogP contribution in [0.3, 0.4) is 0 Å². The minimum Gasteiger partial charge on any atom is -0.271 e. The van der Waals surface area contributed by atoms with Crippen LogP contribution in [0.5, 0.6) is 0 Å². The van der Waals surface area contributed by atoms with Gasteiger partial charge in [0.2, 0.25) is 0 Å². The zero-order valence-electron chi connectivity index (χ0n) is 9.33. The Morgan fingerprint density at radius 2 is 1.89 bits per heavy atom. The van der Waals surface area contributed by atoms with E-state index in [1.54, 1.807) is 0 Å². The average molecular weight is 377 g/mol. The zero-order valence-corrected chi connectivity index (χ0v) is 12.2. The molecular formula is C13H11ClFIN2. The summed E-state index contributed by atoms with van der Waals surface area (Å²) in [7, 11) is 0. The van der Waals surface area contributed by atoms with Crippen molar-refractivity contribution in [2.45, 2.75) is 6.04 Å². The Hall–Kier alpha value is -0.690. The summed E-state index contributed by atoms with van der Waals surface area (Å²) in [5.74, 6) is 5.26.